The minimum atomic E-state index is -0.212. The van der Waals surface area contributed by atoms with E-state index >= 15 is 0 Å². The van der Waals surface area contributed by atoms with Crippen molar-refractivity contribution in [2.24, 2.45) is 23.5 Å². The van der Waals surface area contributed by atoms with Crippen molar-refractivity contribution in [2.45, 2.75) is 94.8 Å². The fourth-order valence-electron chi connectivity index (χ4n) is 7.11. The first kappa shape index (κ1) is 21.1. The maximum absolute atomic E-state index is 9.42. The molecule has 5 nitrogen and oxygen atoms in total. The Kier molecular flexibility index (Phi) is 5.69. The second-order valence-electron chi connectivity index (χ2n) is 10.6. The van der Waals surface area contributed by atoms with Gasteiger partial charge in [0.1, 0.15) is 5.82 Å². The minimum absolute atomic E-state index is 0.0967. The Bertz CT molecular complexity index is 707. The summed E-state index contributed by atoms with van der Waals surface area (Å²) in [5.74, 6) is 2.21. The van der Waals surface area contributed by atoms with E-state index in [9.17, 15) is 5.11 Å². The molecule has 2 bridgehead atoms. The molecular formula is C24H39N3O2. The highest BCUT2D eigenvalue weighted by molar-refractivity contribution is 5.29. The Morgan fingerprint density at radius 3 is 2.76 bits per heavy atom. The molecule has 29 heavy (non-hydrogen) atoms. The first-order chi connectivity index (χ1) is 13.8. The predicted octanol–water partition coefficient (Wildman–Crippen LogP) is 3.83. The number of hydrogen-bond acceptors (Lipinski definition) is 5. The molecule has 2 saturated carbocycles. The van der Waals surface area contributed by atoms with Gasteiger partial charge >= 0.3 is 0 Å². The number of aromatic nitrogens is 1. The summed E-state index contributed by atoms with van der Waals surface area (Å²) in [6, 6.07) is 4.03. The van der Waals surface area contributed by atoms with Gasteiger partial charge in [-0.05, 0) is 88.7 Å². The van der Waals surface area contributed by atoms with E-state index in [1.165, 1.54) is 31.2 Å². The number of aliphatic hydroxyl groups is 1. The van der Waals surface area contributed by atoms with Crippen LogP contribution in [0, 0.1) is 17.8 Å². The molecule has 5 rings (SSSR count). The van der Waals surface area contributed by atoms with Crippen LogP contribution in [-0.4, -0.2) is 33.4 Å². The number of ether oxygens (including phenoxy) is 1. The zero-order chi connectivity index (χ0) is 20.7. The lowest BCUT2D eigenvalue weighted by Gasteiger charge is -2.65. The largest absolute Gasteiger partial charge is 0.396 e. The van der Waals surface area contributed by atoms with Crippen molar-refractivity contribution in [1.82, 2.24) is 4.98 Å². The number of anilines is 1. The van der Waals surface area contributed by atoms with Crippen LogP contribution in [0.25, 0.3) is 0 Å². The fraction of sp³-hybridized carbons (Fsp3) is 0.792. The third-order valence-corrected chi connectivity index (χ3v) is 8.18. The van der Waals surface area contributed by atoms with Gasteiger partial charge in [-0.15, -0.1) is 0 Å². The molecule has 2 aliphatic carbocycles. The highest BCUT2D eigenvalue weighted by Crippen LogP contribution is 2.59. The molecule has 2 aliphatic heterocycles. The number of aliphatic hydroxyl groups excluding tert-OH is 1. The molecule has 0 amide bonds. The number of fused-ring (bicyclic) bond motifs is 3. The summed E-state index contributed by atoms with van der Waals surface area (Å²) < 4.78 is 6.92. The third-order valence-electron chi connectivity index (χ3n) is 8.18. The average Bonchev–Trinajstić information content (AvgIpc) is 2.68. The van der Waals surface area contributed by atoms with Crippen molar-refractivity contribution in [2.75, 3.05) is 12.3 Å². The lowest BCUT2D eigenvalue weighted by Crippen LogP contribution is -2.72. The molecule has 5 N–H and O–H groups in total. The van der Waals surface area contributed by atoms with Crippen molar-refractivity contribution in [3.8, 4) is 0 Å². The fourth-order valence-corrected chi connectivity index (χ4v) is 7.11. The molecule has 162 valence electrons. The molecule has 1 aromatic heterocycles. The Labute approximate surface area is 175 Å². The van der Waals surface area contributed by atoms with Gasteiger partial charge in [0.2, 0.25) is 0 Å². The number of pyridine rings is 1. The molecule has 5 atom stereocenters. The molecule has 0 spiro atoms. The molecule has 5 heteroatoms. The van der Waals surface area contributed by atoms with E-state index in [4.69, 9.17) is 16.2 Å². The summed E-state index contributed by atoms with van der Waals surface area (Å²) in [5.41, 5.74) is 13.6. The average molecular weight is 402 g/mol. The van der Waals surface area contributed by atoms with Crippen molar-refractivity contribution in [3.05, 3.63) is 23.9 Å². The topological polar surface area (TPSA) is 94.4 Å². The lowest BCUT2D eigenvalue weighted by molar-refractivity contribution is -0.287. The van der Waals surface area contributed by atoms with Gasteiger partial charge in [-0.3, -0.25) is 0 Å². The van der Waals surface area contributed by atoms with Crippen molar-refractivity contribution in [3.63, 3.8) is 0 Å². The molecule has 0 radical (unpaired) electrons. The van der Waals surface area contributed by atoms with E-state index in [0.717, 1.165) is 38.5 Å². The number of hydrogen-bond donors (Lipinski definition) is 3. The van der Waals surface area contributed by atoms with Crippen LogP contribution in [0.5, 0.6) is 0 Å². The monoisotopic (exact) mass is 401 g/mol. The van der Waals surface area contributed by atoms with Gasteiger partial charge in [0, 0.05) is 24.3 Å². The van der Waals surface area contributed by atoms with E-state index in [1.807, 2.05) is 12.3 Å². The quantitative estimate of drug-likeness (QED) is 0.673. The van der Waals surface area contributed by atoms with E-state index < -0.39 is 0 Å². The van der Waals surface area contributed by atoms with Crippen LogP contribution in [0.3, 0.4) is 0 Å². The highest BCUT2D eigenvalue weighted by Gasteiger charge is 2.62. The molecule has 0 aromatic carbocycles. The number of rotatable bonds is 6. The zero-order valence-corrected chi connectivity index (χ0v) is 18.2. The maximum Gasteiger partial charge on any atom is 0.123 e. The molecule has 4 fully saturated rings. The van der Waals surface area contributed by atoms with E-state index in [2.05, 4.69) is 24.9 Å². The third kappa shape index (κ3) is 4.06. The molecule has 5 unspecified atom stereocenters. The summed E-state index contributed by atoms with van der Waals surface area (Å²) in [6.45, 7) is 4.71. The van der Waals surface area contributed by atoms with Crippen LogP contribution in [-0.2, 0) is 11.2 Å². The van der Waals surface area contributed by atoms with Gasteiger partial charge in [-0.1, -0.05) is 18.9 Å². The molecular weight excluding hydrogens is 362 g/mol. The zero-order valence-electron chi connectivity index (χ0n) is 18.2. The van der Waals surface area contributed by atoms with Gasteiger partial charge in [-0.2, -0.15) is 0 Å². The lowest BCUT2D eigenvalue weighted by atomic mass is 9.53. The summed E-state index contributed by atoms with van der Waals surface area (Å²) in [5, 5.41) is 9.42. The van der Waals surface area contributed by atoms with E-state index in [1.54, 1.807) is 0 Å². The van der Waals surface area contributed by atoms with Gasteiger partial charge in [-0.25, -0.2) is 4.98 Å². The SMILES string of the molecule is CC1(C)OC2(C3CCCC(Cc4ccc(N)nc4)C3)CCC1C(N)(CCCO)C2. The normalized spacial score (nSPS) is 38.8. The second-order valence-corrected chi connectivity index (χ2v) is 10.6. The van der Waals surface area contributed by atoms with Crippen molar-refractivity contribution in [1.29, 1.82) is 0 Å². The second kappa shape index (κ2) is 7.82. The van der Waals surface area contributed by atoms with Gasteiger partial charge in [0.15, 0.2) is 0 Å². The van der Waals surface area contributed by atoms with Gasteiger partial charge in [0.25, 0.3) is 0 Å². The Morgan fingerprint density at radius 1 is 1.24 bits per heavy atom. The first-order valence-electron chi connectivity index (χ1n) is 11.6. The van der Waals surface area contributed by atoms with Crippen LogP contribution in [0.2, 0.25) is 0 Å². The Balaban J connectivity index is 1.51. The summed E-state index contributed by atoms with van der Waals surface area (Å²) >= 11 is 0. The molecule has 3 heterocycles. The first-order valence-corrected chi connectivity index (χ1v) is 11.6. The van der Waals surface area contributed by atoms with Gasteiger partial charge in [0.05, 0.1) is 11.2 Å². The van der Waals surface area contributed by atoms with Crippen LogP contribution < -0.4 is 11.5 Å². The van der Waals surface area contributed by atoms with Crippen molar-refractivity contribution >= 4 is 5.82 Å². The minimum Gasteiger partial charge on any atom is -0.396 e. The van der Waals surface area contributed by atoms with Crippen LogP contribution in [0.15, 0.2) is 18.3 Å². The molecule has 4 aliphatic rings. The molecule has 1 aromatic rings. The number of nitrogen functional groups attached to an aromatic ring is 1. The number of nitrogens with two attached hydrogens (primary N) is 2. The van der Waals surface area contributed by atoms with E-state index in [0.29, 0.717) is 23.6 Å². The van der Waals surface area contributed by atoms with Crippen molar-refractivity contribution < 1.29 is 9.84 Å². The maximum atomic E-state index is 9.42. The highest BCUT2D eigenvalue weighted by atomic mass is 16.5. The number of nitrogens with zero attached hydrogens (tertiary/aromatic N) is 1. The standard InChI is InChI=1S/C24H39N3O2/c1-22(2)20-9-11-24(29-22,16-23(20,26)10-4-12-28)19-6-3-5-17(14-19)13-18-7-8-21(25)27-15-18/h7-8,15,17,19-20,28H,3-6,9-14,16,26H2,1-2H3,(H2,25,27). The van der Waals surface area contributed by atoms with Crippen LogP contribution in [0.4, 0.5) is 5.82 Å². The Morgan fingerprint density at radius 2 is 2.07 bits per heavy atom. The molecule has 2 saturated heterocycles. The predicted molar refractivity (Wildman–Crippen MR) is 116 cm³/mol. The van der Waals surface area contributed by atoms with Gasteiger partial charge < -0.3 is 21.3 Å². The van der Waals surface area contributed by atoms with E-state index in [-0.39, 0.29) is 23.3 Å². The summed E-state index contributed by atoms with van der Waals surface area (Å²) in [4.78, 5) is 4.27. The van der Waals surface area contributed by atoms with Crippen LogP contribution in [0.1, 0.15) is 77.2 Å². The smallest absolute Gasteiger partial charge is 0.123 e. The Hall–Kier alpha value is -1.17. The summed E-state index contributed by atoms with van der Waals surface area (Å²) in [6.07, 6.45) is 12.9. The summed E-state index contributed by atoms with van der Waals surface area (Å²) in [7, 11) is 0. The van der Waals surface area contributed by atoms with Crippen LogP contribution >= 0.6 is 0 Å².